The van der Waals surface area contributed by atoms with Gasteiger partial charge in [-0.25, -0.2) is 14.2 Å². The molecule has 1 aromatic heterocycles. The smallest absolute Gasteiger partial charge is 0.376 e. The van der Waals surface area contributed by atoms with Gasteiger partial charge in [0.05, 0.1) is 23.8 Å². The normalized spacial score (nSPS) is 10.6. The number of carbonyl (C=O) groups excluding carboxylic acids is 1. The van der Waals surface area contributed by atoms with Gasteiger partial charge in [-0.15, -0.1) is 0 Å². The van der Waals surface area contributed by atoms with Crippen molar-refractivity contribution < 1.29 is 23.1 Å². The highest BCUT2D eigenvalue weighted by atomic mass is 79.9. The van der Waals surface area contributed by atoms with Crippen molar-refractivity contribution in [2.45, 2.75) is 6.61 Å². The van der Waals surface area contributed by atoms with Gasteiger partial charge >= 0.3 is 5.97 Å². The summed E-state index contributed by atoms with van der Waals surface area (Å²) in [5, 5.41) is 0. The maximum Gasteiger partial charge on any atom is 0.376 e. The molecule has 20 heavy (non-hydrogen) atoms. The summed E-state index contributed by atoms with van der Waals surface area (Å²) in [7, 11) is 2.70. The van der Waals surface area contributed by atoms with Crippen molar-refractivity contribution in [2.75, 3.05) is 14.2 Å². The fourth-order valence-corrected chi connectivity index (χ4v) is 2.06. The Hall–Kier alpha value is -1.73. The van der Waals surface area contributed by atoms with Crippen LogP contribution in [0.2, 0.25) is 0 Å². The Morgan fingerprint density at radius 1 is 1.45 bits per heavy atom. The molecule has 0 amide bonds. The number of carbonyl (C=O) groups is 1. The van der Waals surface area contributed by atoms with Crippen molar-refractivity contribution in [3.05, 3.63) is 39.9 Å². The van der Waals surface area contributed by atoms with E-state index in [1.807, 2.05) is 0 Å². The lowest BCUT2D eigenvalue weighted by atomic mass is 10.2. The van der Waals surface area contributed by atoms with Crippen molar-refractivity contribution in [2.24, 2.45) is 0 Å². The number of rotatable bonds is 4. The highest BCUT2D eigenvalue weighted by molar-refractivity contribution is 9.10. The van der Waals surface area contributed by atoms with Crippen LogP contribution in [0.1, 0.15) is 16.2 Å². The molecule has 2 aromatic rings. The van der Waals surface area contributed by atoms with Crippen molar-refractivity contribution in [1.82, 2.24) is 4.98 Å². The molecule has 5 nitrogen and oxygen atoms in total. The van der Waals surface area contributed by atoms with Gasteiger partial charge in [-0.05, 0) is 28.1 Å². The molecule has 106 valence electrons. The molecule has 2 rings (SSSR count). The molecule has 0 aliphatic rings. The van der Waals surface area contributed by atoms with Crippen LogP contribution in [-0.4, -0.2) is 25.2 Å². The van der Waals surface area contributed by atoms with Crippen LogP contribution in [0.4, 0.5) is 4.39 Å². The van der Waals surface area contributed by atoms with E-state index in [0.717, 1.165) is 0 Å². The fourth-order valence-electron chi connectivity index (χ4n) is 1.62. The Bertz CT molecular complexity index is 641. The summed E-state index contributed by atoms with van der Waals surface area (Å²) in [5.41, 5.74) is 0.697. The molecular weight excluding hydrogens is 333 g/mol. The Labute approximate surface area is 122 Å². The maximum absolute atomic E-state index is 13.5. The van der Waals surface area contributed by atoms with Gasteiger partial charge in [-0.1, -0.05) is 6.07 Å². The third-order valence-electron chi connectivity index (χ3n) is 2.53. The molecule has 1 heterocycles. The van der Waals surface area contributed by atoms with Crippen molar-refractivity contribution >= 4 is 21.9 Å². The minimum absolute atomic E-state index is 0.0551. The molecule has 7 heteroatoms. The average molecular weight is 344 g/mol. The van der Waals surface area contributed by atoms with E-state index in [0.29, 0.717) is 11.3 Å². The number of oxazole rings is 1. The van der Waals surface area contributed by atoms with E-state index >= 15 is 0 Å². The lowest BCUT2D eigenvalue weighted by molar-refractivity contribution is 0.0559. The zero-order valence-electron chi connectivity index (χ0n) is 10.8. The topological polar surface area (TPSA) is 61.6 Å². The molecule has 0 bridgehead atoms. The lowest BCUT2D eigenvalue weighted by Gasteiger charge is -2.00. The summed E-state index contributed by atoms with van der Waals surface area (Å²) in [5.74, 6) is -1.05. The second-order valence-electron chi connectivity index (χ2n) is 3.82. The number of benzene rings is 1. The number of aromatic nitrogens is 1. The standard InChI is InChI=1S/C13H11BrFNO4/c1-18-6-9-11(13(17)19-2)20-12(16-9)7-4-3-5-8(15)10(7)14/h3-5H,6H2,1-2H3. The van der Waals surface area contributed by atoms with Crippen molar-refractivity contribution in [3.8, 4) is 11.5 Å². The van der Waals surface area contributed by atoms with Crippen LogP contribution >= 0.6 is 15.9 Å². The molecule has 0 aliphatic heterocycles. The fraction of sp³-hybridized carbons (Fsp3) is 0.231. The minimum Gasteiger partial charge on any atom is -0.463 e. The molecule has 0 fully saturated rings. The zero-order chi connectivity index (χ0) is 14.7. The highest BCUT2D eigenvalue weighted by Gasteiger charge is 2.23. The first-order valence-corrected chi connectivity index (χ1v) is 6.39. The third-order valence-corrected chi connectivity index (χ3v) is 3.34. The lowest BCUT2D eigenvalue weighted by Crippen LogP contribution is -2.04. The summed E-state index contributed by atoms with van der Waals surface area (Å²) in [6, 6.07) is 4.44. The first-order valence-electron chi connectivity index (χ1n) is 5.59. The average Bonchev–Trinajstić information content (AvgIpc) is 2.85. The van der Waals surface area contributed by atoms with Crippen LogP contribution < -0.4 is 0 Å². The molecule has 0 saturated heterocycles. The van der Waals surface area contributed by atoms with Crippen LogP contribution in [0.15, 0.2) is 27.1 Å². The highest BCUT2D eigenvalue weighted by Crippen LogP contribution is 2.31. The number of ether oxygens (including phenoxy) is 2. The van der Waals surface area contributed by atoms with Crippen LogP contribution in [0.5, 0.6) is 0 Å². The molecular formula is C13H11BrFNO4. The number of methoxy groups -OCH3 is 2. The molecule has 0 atom stereocenters. The summed E-state index contributed by atoms with van der Waals surface area (Å²) in [4.78, 5) is 15.8. The molecule has 0 spiro atoms. The summed E-state index contributed by atoms with van der Waals surface area (Å²) >= 11 is 3.12. The first kappa shape index (κ1) is 14.7. The van der Waals surface area contributed by atoms with E-state index in [2.05, 4.69) is 25.7 Å². The Morgan fingerprint density at radius 3 is 2.85 bits per heavy atom. The first-order chi connectivity index (χ1) is 9.58. The van der Waals surface area contributed by atoms with Gasteiger partial charge in [0.1, 0.15) is 11.5 Å². The zero-order valence-corrected chi connectivity index (χ0v) is 12.4. The minimum atomic E-state index is -0.664. The van der Waals surface area contributed by atoms with Crippen LogP contribution in [-0.2, 0) is 16.1 Å². The molecule has 1 aromatic carbocycles. The van der Waals surface area contributed by atoms with E-state index in [4.69, 9.17) is 9.15 Å². The van der Waals surface area contributed by atoms with Crippen molar-refractivity contribution in [3.63, 3.8) is 0 Å². The summed E-state index contributed by atoms with van der Waals surface area (Å²) in [6.45, 7) is 0.0842. The molecule has 0 unspecified atom stereocenters. The quantitative estimate of drug-likeness (QED) is 0.798. The predicted molar refractivity (Wildman–Crippen MR) is 71.6 cm³/mol. The van der Waals surface area contributed by atoms with Crippen molar-refractivity contribution in [1.29, 1.82) is 0 Å². The Balaban J connectivity index is 2.52. The van der Waals surface area contributed by atoms with Gasteiger partial charge < -0.3 is 13.9 Å². The van der Waals surface area contributed by atoms with Gasteiger partial charge in [-0.3, -0.25) is 0 Å². The van der Waals surface area contributed by atoms with E-state index in [1.165, 1.54) is 26.4 Å². The van der Waals surface area contributed by atoms with Crippen LogP contribution in [0.3, 0.4) is 0 Å². The van der Waals surface area contributed by atoms with Crippen LogP contribution in [0, 0.1) is 5.82 Å². The van der Waals surface area contributed by atoms with E-state index in [-0.39, 0.29) is 22.7 Å². The predicted octanol–water partition coefficient (Wildman–Crippen LogP) is 3.18. The molecule has 0 saturated carbocycles. The number of halogens is 2. The monoisotopic (exact) mass is 343 g/mol. The second-order valence-corrected chi connectivity index (χ2v) is 4.61. The summed E-state index contributed by atoms with van der Waals surface area (Å²) in [6.07, 6.45) is 0. The van der Waals surface area contributed by atoms with E-state index < -0.39 is 11.8 Å². The van der Waals surface area contributed by atoms with Gasteiger partial charge in [0.25, 0.3) is 0 Å². The number of hydrogen-bond acceptors (Lipinski definition) is 5. The van der Waals surface area contributed by atoms with Crippen LogP contribution in [0.25, 0.3) is 11.5 Å². The van der Waals surface area contributed by atoms with E-state index in [1.54, 1.807) is 6.07 Å². The Kier molecular flexibility index (Phi) is 4.51. The van der Waals surface area contributed by atoms with Gasteiger partial charge in [0.15, 0.2) is 0 Å². The van der Waals surface area contributed by atoms with Gasteiger partial charge in [0.2, 0.25) is 11.7 Å². The molecule has 0 N–H and O–H groups in total. The number of hydrogen-bond donors (Lipinski definition) is 0. The van der Waals surface area contributed by atoms with Gasteiger partial charge in [-0.2, -0.15) is 0 Å². The van der Waals surface area contributed by atoms with E-state index in [9.17, 15) is 9.18 Å². The second kappa shape index (κ2) is 6.15. The largest absolute Gasteiger partial charge is 0.463 e. The number of esters is 1. The summed E-state index contributed by atoms with van der Waals surface area (Å²) < 4.78 is 28.7. The maximum atomic E-state index is 13.5. The SMILES string of the molecule is COCc1nc(-c2cccc(F)c2Br)oc1C(=O)OC. The number of nitrogens with zero attached hydrogens (tertiary/aromatic N) is 1. The Morgan fingerprint density at radius 2 is 2.20 bits per heavy atom. The molecule has 0 radical (unpaired) electrons. The third kappa shape index (κ3) is 2.73. The molecule has 0 aliphatic carbocycles. The van der Waals surface area contributed by atoms with Gasteiger partial charge in [0, 0.05) is 7.11 Å².